The largest absolute Gasteiger partial charge is 0.343 e. The van der Waals surface area contributed by atoms with Gasteiger partial charge in [-0.15, -0.1) is 0 Å². The summed E-state index contributed by atoms with van der Waals surface area (Å²) in [5.74, 6) is -0.176. The molecule has 0 N–H and O–H groups in total. The Bertz CT molecular complexity index is 315. The fraction of sp³-hybridized carbons (Fsp3) is 0.929. The zero-order valence-corrected chi connectivity index (χ0v) is 14.6. The molecular formula is C14H30NO4P. The summed E-state index contributed by atoms with van der Waals surface area (Å²) in [5, 5.41) is 0. The number of rotatable bonds is 10. The van der Waals surface area contributed by atoms with E-state index in [9.17, 15) is 9.36 Å². The molecule has 0 aromatic carbocycles. The molecule has 1 unspecified atom stereocenters. The van der Waals surface area contributed by atoms with E-state index < -0.39 is 7.60 Å². The molecule has 120 valence electrons. The van der Waals surface area contributed by atoms with Crippen molar-refractivity contribution in [1.82, 2.24) is 4.90 Å². The molecule has 3 atom stereocenters. The lowest BCUT2D eigenvalue weighted by molar-refractivity contribution is -0.128. The molecule has 0 saturated heterocycles. The number of hydrogen-bond acceptors (Lipinski definition) is 4. The third-order valence-electron chi connectivity index (χ3n) is 3.28. The highest BCUT2D eigenvalue weighted by molar-refractivity contribution is 7.54. The van der Waals surface area contributed by atoms with E-state index in [2.05, 4.69) is 0 Å². The van der Waals surface area contributed by atoms with Gasteiger partial charge in [0.1, 0.15) is 6.16 Å². The number of hydrogen-bond donors (Lipinski definition) is 0. The van der Waals surface area contributed by atoms with Gasteiger partial charge in [0, 0.05) is 13.1 Å². The summed E-state index contributed by atoms with van der Waals surface area (Å²) in [4.78, 5) is 13.8. The maximum absolute atomic E-state index is 12.8. The second kappa shape index (κ2) is 9.54. The van der Waals surface area contributed by atoms with E-state index in [1.54, 1.807) is 4.90 Å². The number of carbonyl (C=O) groups excluding carboxylic acids is 1. The van der Waals surface area contributed by atoms with Crippen molar-refractivity contribution in [3.05, 3.63) is 0 Å². The lowest BCUT2D eigenvalue weighted by atomic mass is 10.3. The molecule has 0 fully saturated rings. The highest BCUT2D eigenvalue weighted by Gasteiger charge is 2.33. The van der Waals surface area contributed by atoms with Crippen molar-refractivity contribution in [1.29, 1.82) is 0 Å². The lowest BCUT2D eigenvalue weighted by Gasteiger charge is -2.26. The molecule has 0 heterocycles. The molecule has 0 aliphatic carbocycles. The van der Waals surface area contributed by atoms with Gasteiger partial charge in [-0.25, -0.2) is 0 Å². The maximum Gasteiger partial charge on any atom is 0.340 e. The van der Waals surface area contributed by atoms with Crippen LogP contribution in [0, 0.1) is 0 Å². The van der Waals surface area contributed by atoms with Crippen molar-refractivity contribution >= 4 is 13.5 Å². The van der Waals surface area contributed by atoms with Gasteiger partial charge in [0.2, 0.25) is 5.91 Å². The topological polar surface area (TPSA) is 55.8 Å². The highest BCUT2D eigenvalue weighted by atomic mass is 31.2. The summed E-state index contributed by atoms with van der Waals surface area (Å²) in [5.41, 5.74) is 0. The summed E-state index contributed by atoms with van der Waals surface area (Å²) in [6.07, 6.45) is 0.910. The average molecular weight is 307 g/mol. The van der Waals surface area contributed by atoms with E-state index in [0.717, 1.165) is 12.8 Å². The fourth-order valence-electron chi connectivity index (χ4n) is 1.64. The molecular weight excluding hydrogens is 277 g/mol. The minimum absolute atomic E-state index is 0.176. The van der Waals surface area contributed by atoms with Crippen molar-refractivity contribution in [2.45, 2.75) is 66.6 Å². The first-order valence-corrected chi connectivity index (χ1v) is 9.28. The van der Waals surface area contributed by atoms with Crippen LogP contribution in [0.15, 0.2) is 0 Å². The van der Waals surface area contributed by atoms with Crippen LogP contribution in [0.25, 0.3) is 0 Å². The Labute approximate surface area is 123 Å². The quantitative estimate of drug-likeness (QED) is 0.578. The van der Waals surface area contributed by atoms with Gasteiger partial charge in [-0.2, -0.15) is 0 Å². The van der Waals surface area contributed by atoms with Crippen LogP contribution >= 0.6 is 7.60 Å². The van der Waals surface area contributed by atoms with E-state index in [4.69, 9.17) is 9.05 Å². The second-order valence-corrected chi connectivity index (χ2v) is 6.94. The molecule has 0 aliphatic heterocycles. The smallest absolute Gasteiger partial charge is 0.340 e. The Hall–Kier alpha value is -0.380. The Morgan fingerprint density at radius 3 is 1.70 bits per heavy atom. The normalized spacial score (nSPS) is 17.3. The first-order valence-electron chi connectivity index (χ1n) is 7.55. The molecule has 5 nitrogen and oxygen atoms in total. The molecule has 0 saturated carbocycles. The van der Waals surface area contributed by atoms with Gasteiger partial charge in [0.05, 0.1) is 12.2 Å². The van der Waals surface area contributed by atoms with E-state index in [1.165, 1.54) is 0 Å². The summed E-state index contributed by atoms with van der Waals surface area (Å²) in [7, 11) is -3.39. The van der Waals surface area contributed by atoms with Gasteiger partial charge in [-0.1, -0.05) is 13.8 Å². The van der Waals surface area contributed by atoms with Crippen LogP contribution in [0.4, 0.5) is 0 Å². The number of carbonyl (C=O) groups is 1. The van der Waals surface area contributed by atoms with Gasteiger partial charge in [0.25, 0.3) is 0 Å². The lowest BCUT2D eigenvalue weighted by Crippen LogP contribution is -2.33. The van der Waals surface area contributed by atoms with Crippen molar-refractivity contribution in [2.24, 2.45) is 0 Å². The van der Waals surface area contributed by atoms with E-state index in [-0.39, 0.29) is 24.3 Å². The van der Waals surface area contributed by atoms with Crippen molar-refractivity contribution in [3.63, 3.8) is 0 Å². The molecule has 1 amide bonds. The zero-order chi connectivity index (χ0) is 15.8. The minimum atomic E-state index is -3.39. The third-order valence-corrected chi connectivity index (χ3v) is 5.30. The van der Waals surface area contributed by atoms with E-state index in [0.29, 0.717) is 13.1 Å². The van der Waals surface area contributed by atoms with Gasteiger partial charge >= 0.3 is 7.60 Å². The van der Waals surface area contributed by atoms with Crippen LogP contribution in [0.2, 0.25) is 0 Å². The second-order valence-electron chi connectivity index (χ2n) is 4.98. The molecule has 0 bridgehead atoms. The average Bonchev–Trinajstić information content (AvgIpc) is 2.39. The first-order chi connectivity index (χ1) is 9.31. The van der Waals surface area contributed by atoms with Crippen molar-refractivity contribution in [2.75, 3.05) is 19.3 Å². The SMILES string of the molecule is CC[C@@H](C)OP(=O)(CC(=O)N(CC)CC)O[C@@H](C)CC. The predicted octanol–water partition coefficient (Wildman–Crippen LogP) is 3.68. The molecule has 6 heteroatoms. The van der Waals surface area contributed by atoms with Crippen LogP contribution in [0.5, 0.6) is 0 Å². The predicted molar refractivity (Wildman–Crippen MR) is 82.1 cm³/mol. The Kier molecular flexibility index (Phi) is 9.36. The summed E-state index contributed by atoms with van der Waals surface area (Å²) in [6.45, 7) is 12.6. The van der Waals surface area contributed by atoms with Gasteiger partial charge in [-0.05, 0) is 40.5 Å². The fourth-order valence-corrected chi connectivity index (χ4v) is 3.76. The summed E-state index contributed by atoms with van der Waals surface area (Å²) in [6, 6.07) is 0. The van der Waals surface area contributed by atoms with Crippen LogP contribution < -0.4 is 0 Å². The highest BCUT2D eigenvalue weighted by Crippen LogP contribution is 2.51. The van der Waals surface area contributed by atoms with Gasteiger partial charge in [0.15, 0.2) is 0 Å². The van der Waals surface area contributed by atoms with Gasteiger partial charge in [-0.3, -0.25) is 9.36 Å². The summed E-state index contributed by atoms with van der Waals surface area (Å²) >= 11 is 0. The molecule has 0 rings (SSSR count). The monoisotopic (exact) mass is 307 g/mol. The van der Waals surface area contributed by atoms with E-state index in [1.807, 2.05) is 41.5 Å². The molecule has 0 aliphatic rings. The van der Waals surface area contributed by atoms with Crippen LogP contribution in [0.1, 0.15) is 54.4 Å². The van der Waals surface area contributed by atoms with Crippen LogP contribution in [-0.4, -0.2) is 42.3 Å². The van der Waals surface area contributed by atoms with Crippen molar-refractivity contribution in [3.8, 4) is 0 Å². The molecule has 20 heavy (non-hydrogen) atoms. The minimum Gasteiger partial charge on any atom is -0.343 e. The molecule has 0 aromatic rings. The van der Waals surface area contributed by atoms with Crippen LogP contribution in [0.3, 0.4) is 0 Å². The van der Waals surface area contributed by atoms with Crippen molar-refractivity contribution < 1.29 is 18.4 Å². The van der Waals surface area contributed by atoms with E-state index >= 15 is 0 Å². The molecule has 0 spiro atoms. The zero-order valence-electron chi connectivity index (χ0n) is 13.7. The van der Waals surface area contributed by atoms with Crippen LogP contribution in [-0.2, 0) is 18.4 Å². The van der Waals surface area contributed by atoms with Gasteiger partial charge < -0.3 is 13.9 Å². The summed E-state index contributed by atoms with van der Waals surface area (Å²) < 4.78 is 23.9. The Morgan fingerprint density at radius 1 is 1.00 bits per heavy atom. The Balaban J connectivity index is 4.92. The number of amides is 1. The standard InChI is InChI=1S/C14H30NO4P/c1-7-12(5)18-20(17,19-13(6)8-2)11-14(16)15(9-3)10-4/h12-13H,7-11H2,1-6H3/t12-,13+,20?. The first kappa shape index (κ1) is 19.6. The molecule has 0 aromatic heterocycles. The number of nitrogens with zero attached hydrogens (tertiary/aromatic N) is 1. The molecule has 0 radical (unpaired) electrons. The Morgan fingerprint density at radius 2 is 1.40 bits per heavy atom. The third kappa shape index (κ3) is 6.87. The maximum atomic E-state index is 12.8.